The zero-order chi connectivity index (χ0) is 10.8. The highest BCUT2D eigenvalue weighted by molar-refractivity contribution is 5.81. The zero-order valence-electron chi connectivity index (χ0n) is 9.27. The maximum Gasteiger partial charge on any atom is 0.0702 e. The fourth-order valence-electron chi connectivity index (χ4n) is 1.65. The number of hydrogen-bond acceptors (Lipinski definition) is 2. The number of nitrogens with zero attached hydrogens (tertiary/aromatic N) is 2. The van der Waals surface area contributed by atoms with Crippen molar-refractivity contribution in [1.82, 2.24) is 9.78 Å². The van der Waals surface area contributed by atoms with Crippen molar-refractivity contribution in [3.63, 3.8) is 0 Å². The Kier molecular flexibility index (Phi) is 2.62. The van der Waals surface area contributed by atoms with Crippen molar-refractivity contribution >= 4 is 16.6 Å². The van der Waals surface area contributed by atoms with Crippen molar-refractivity contribution in [3.8, 4) is 0 Å². The molecule has 1 aromatic heterocycles. The van der Waals surface area contributed by atoms with E-state index >= 15 is 0 Å². The summed E-state index contributed by atoms with van der Waals surface area (Å²) >= 11 is 0. The molecular weight excluding hydrogens is 186 g/mol. The molecular formula is C12H17N3. The topological polar surface area (TPSA) is 43.8 Å². The fourth-order valence-corrected chi connectivity index (χ4v) is 1.65. The minimum Gasteiger partial charge on any atom is -0.399 e. The second-order valence-electron chi connectivity index (χ2n) is 4.37. The summed E-state index contributed by atoms with van der Waals surface area (Å²) in [5, 5.41) is 5.53. The average Bonchev–Trinajstić information content (AvgIpc) is 2.57. The van der Waals surface area contributed by atoms with Gasteiger partial charge in [-0.3, -0.25) is 4.68 Å². The molecule has 0 spiro atoms. The highest BCUT2D eigenvalue weighted by Crippen LogP contribution is 2.17. The minimum absolute atomic E-state index is 0.699. The molecule has 0 bridgehead atoms. The summed E-state index contributed by atoms with van der Waals surface area (Å²) in [6.07, 6.45) is 3.04. The second kappa shape index (κ2) is 3.93. The van der Waals surface area contributed by atoms with Crippen molar-refractivity contribution < 1.29 is 0 Å². The zero-order valence-corrected chi connectivity index (χ0v) is 9.27. The lowest BCUT2D eigenvalue weighted by atomic mass is 10.1. The van der Waals surface area contributed by atoms with E-state index < -0.39 is 0 Å². The molecule has 2 rings (SSSR count). The summed E-state index contributed by atoms with van der Waals surface area (Å²) in [6.45, 7) is 5.41. The van der Waals surface area contributed by atoms with Gasteiger partial charge in [0.1, 0.15) is 0 Å². The molecule has 3 heteroatoms. The molecule has 1 heterocycles. The third-order valence-corrected chi connectivity index (χ3v) is 2.59. The first-order valence-electron chi connectivity index (χ1n) is 5.38. The number of rotatable bonds is 3. The highest BCUT2D eigenvalue weighted by atomic mass is 15.3. The van der Waals surface area contributed by atoms with Gasteiger partial charge >= 0.3 is 0 Å². The Morgan fingerprint density at radius 1 is 1.40 bits per heavy atom. The first-order valence-corrected chi connectivity index (χ1v) is 5.38. The van der Waals surface area contributed by atoms with Crippen LogP contribution in [0.15, 0.2) is 24.4 Å². The maximum absolute atomic E-state index is 5.77. The maximum atomic E-state index is 5.77. The van der Waals surface area contributed by atoms with Crippen LogP contribution >= 0.6 is 0 Å². The standard InChI is InChI=1S/C12H17N3/c1-9(2)5-6-15-12-7-11(13)4-3-10(12)8-14-15/h3-4,7-9H,5-6,13H2,1-2H3. The van der Waals surface area contributed by atoms with Crippen LogP contribution in [0.25, 0.3) is 10.9 Å². The van der Waals surface area contributed by atoms with Gasteiger partial charge in [-0.2, -0.15) is 5.10 Å². The van der Waals surface area contributed by atoms with Crippen molar-refractivity contribution in [1.29, 1.82) is 0 Å². The van der Waals surface area contributed by atoms with Gasteiger partial charge in [-0.1, -0.05) is 13.8 Å². The van der Waals surface area contributed by atoms with Crippen LogP contribution in [0.3, 0.4) is 0 Å². The summed E-state index contributed by atoms with van der Waals surface area (Å²) in [5.41, 5.74) is 7.70. The Morgan fingerprint density at radius 3 is 2.93 bits per heavy atom. The van der Waals surface area contributed by atoms with Crippen LogP contribution in [0.5, 0.6) is 0 Å². The van der Waals surface area contributed by atoms with E-state index in [2.05, 4.69) is 18.9 Å². The number of aryl methyl sites for hydroxylation is 1. The first-order chi connectivity index (χ1) is 7.16. The summed E-state index contributed by atoms with van der Waals surface area (Å²) < 4.78 is 2.03. The molecule has 2 aromatic rings. The SMILES string of the molecule is CC(C)CCn1ncc2ccc(N)cc21. The van der Waals surface area contributed by atoms with E-state index in [-0.39, 0.29) is 0 Å². The molecule has 3 nitrogen and oxygen atoms in total. The Bertz CT molecular complexity index is 457. The summed E-state index contributed by atoms with van der Waals surface area (Å²) in [5.74, 6) is 0.699. The Balaban J connectivity index is 2.31. The van der Waals surface area contributed by atoms with Gasteiger partial charge in [0.05, 0.1) is 11.7 Å². The molecule has 0 aliphatic heterocycles. The lowest BCUT2D eigenvalue weighted by Gasteiger charge is -2.06. The van der Waals surface area contributed by atoms with E-state index in [0.717, 1.165) is 29.6 Å². The third kappa shape index (κ3) is 2.12. The smallest absolute Gasteiger partial charge is 0.0702 e. The minimum atomic E-state index is 0.699. The molecule has 0 amide bonds. The van der Waals surface area contributed by atoms with Gasteiger partial charge in [0, 0.05) is 17.6 Å². The van der Waals surface area contributed by atoms with Crippen molar-refractivity contribution in [2.45, 2.75) is 26.8 Å². The number of nitrogen functional groups attached to an aromatic ring is 1. The molecule has 80 valence electrons. The molecule has 0 aliphatic carbocycles. The van der Waals surface area contributed by atoms with E-state index in [1.54, 1.807) is 0 Å². The number of nitrogens with two attached hydrogens (primary N) is 1. The van der Waals surface area contributed by atoms with Gasteiger partial charge in [-0.15, -0.1) is 0 Å². The molecule has 2 N–H and O–H groups in total. The number of aromatic nitrogens is 2. The molecule has 0 atom stereocenters. The van der Waals surface area contributed by atoms with Gasteiger partial charge in [-0.25, -0.2) is 0 Å². The molecule has 0 aliphatic rings. The summed E-state index contributed by atoms with van der Waals surface area (Å²) in [6, 6.07) is 5.92. The lowest BCUT2D eigenvalue weighted by Crippen LogP contribution is -2.03. The molecule has 0 saturated carbocycles. The van der Waals surface area contributed by atoms with Gasteiger partial charge in [0.2, 0.25) is 0 Å². The predicted octanol–water partition coefficient (Wildman–Crippen LogP) is 2.66. The van der Waals surface area contributed by atoms with Gasteiger partial charge < -0.3 is 5.73 Å². The monoisotopic (exact) mass is 203 g/mol. The van der Waals surface area contributed by atoms with Gasteiger partial charge in [0.25, 0.3) is 0 Å². The van der Waals surface area contributed by atoms with E-state index in [0.29, 0.717) is 5.92 Å². The van der Waals surface area contributed by atoms with E-state index in [1.165, 1.54) is 0 Å². The number of benzene rings is 1. The predicted molar refractivity (Wildman–Crippen MR) is 63.6 cm³/mol. The van der Waals surface area contributed by atoms with Crippen LogP contribution in [0.1, 0.15) is 20.3 Å². The summed E-state index contributed by atoms with van der Waals surface area (Å²) in [4.78, 5) is 0. The highest BCUT2D eigenvalue weighted by Gasteiger charge is 2.03. The Labute approximate surface area is 89.9 Å². The quantitative estimate of drug-likeness (QED) is 0.779. The second-order valence-corrected chi connectivity index (χ2v) is 4.37. The normalized spacial score (nSPS) is 11.4. The van der Waals surface area contributed by atoms with Gasteiger partial charge in [-0.05, 0) is 30.5 Å². The van der Waals surface area contributed by atoms with Crippen molar-refractivity contribution in [3.05, 3.63) is 24.4 Å². The van der Waals surface area contributed by atoms with Gasteiger partial charge in [0.15, 0.2) is 0 Å². The number of anilines is 1. The van der Waals surface area contributed by atoms with E-state index in [9.17, 15) is 0 Å². The first kappa shape index (κ1) is 10.0. The lowest BCUT2D eigenvalue weighted by molar-refractivity contribution is 0.496. The van der Waals surface area contributed by atoms with Crippen molar-refractivity contribution in [2.24, 2.45) is 5.92 Å². The number of hydrogen-bond donors (Lipinski definition) is 1. The van der Waals surface area contributed by atoms with Crippen LogP contribution in [-0.2, 0) is 6.54 Å². The largest absolute Gasteiger partial charge is 0.399 e. The van der Waals surface area contributed by atoms with Crippen molar-refractivity contribution in [2.75, 3.05) is 5.73 Å². The average molecular weight is 203 g/mol. The van der Waals surface area contributed by atoms with Crippen LogP contribution in [0, 0.1) is 5.92 Å². The van der Waals surface area contributed by atoms with Crippen LogP contribution < -0.4 is 5.73 Å². The van der Waals surface area contributed by atoms with Crippen LogP contribution in [-0.4, -0.2) is 9.78 Å². The molecule has 0 unspecified atom stereocenters. The molecule has 1 aromatic carbocycles. The molecule has 15 heavy (non-hydrogen) atoms. The third-order valence-electron chi connectivity index (χ3n) is 2.59. The molecule has 0 fully saturated rings. The fraction of sp³-hybridized carbons (Fsp3) is 0.417. The van der Waals surface area contributed by atoms with Crippen LogP contribution in [0.4, 0.5) is 5.69 Å². The summed E-state index contributed by atoms with van der Waals surface area (Å²) in [7, 11) is 0. The van der Waals surface area contributed by atoms with E-state index in [4.69, 9.17) is 5.73 Å². The molecule has 0 radical (unpaired) electrons. The van der Waals surface area contributed by atoms with Crippen LogP contribution in [0.2, 0.25) is 0 Å². The van der Waals surface area contributed by atoms with E-state index in [1.807, 2.05) is 29.1 Å². The molecule has 0 saturated heterocycles. The Morgan fingerprint density at radius 2 is 2.20 bits per heavy atom. The Hall–Kier alpha value is -1.51. The number of fused-ring (bicyclic) bond motifs is 1.